The molecule has 3 saturated heterocycles. The van der Waals surface area contributed by atoms with Crippen molar-refractivity contribution in [2.45, 2.75) is 122 Å². The zero-order chi connectivity index (χ0) is 31.8. The number of nitrogens with one attached hydrogen (secondary N) is 1. The molecule has 3 aliphatic rings. The summed E-state index contributed by atoms with van der Waals surface area (Å²) in [5.41, 5.74) is 0.115. The number of hydrogen-bond donors (Lipinski definition) is 1. The second-order valence-corrected chi connectivity index (χ2v) is 14.1. The Morgan fingerprint density at radius 3 is 2.30 bits per heavy atom. The van der Waals surface area contributed by atoms with E-state index in [1.807, 2.05) is 37.3 Å². The minimum absolute atomic E-state index is 0.0430. The van der Waals surface area contributed by atoms with E-state index in [0.717, 1.165) is 54.3 Å². The van der Waals surface area contributed by atoms with Crippen molar-refractivity contribution in [3.05, 3.63) is 47.5 Å². The largest absolute Gasteiger partial charge is 0.444 e. The number of aryl methyl sites for hydroxylation is 1. The van der Waals surface area contributed by atoms with Crippen LogP contribution in [0.4, 0.5) is 13.6 Å². The average molecular weight is 615 g/mol. The van der Waals surface area contributed by atoms with E-state index in [9.17, 15) is 9.59 Å². The lowest BCUT2D eigenvalue weighted by Gasteiger charge is -2.41. The fraction of sp³-hybridized carbons (Fsp3) is 0.697. The molecule has 3 fully saturated rings. The molecule has 2 amide bonds. The molecular formula is C33H48F2N6O3. The van der Waals surface area contributed by atoms with Crippen molar-refractivity contribution >= 4 is 12.0 Å². The van der Waals surface area contributed by atoms with Crippen molar-refractivity contribution in [1.82, 2.24) is 29.9 Å². The number of piperidine rings is 2. The van der Waals surface area contributed by atoms with Gasteiger partial charge >= 0.3 is 6.09 Å². The van der Waals surface area contributed by atoms with Crippen molar-refractivity contribution in [2.75, 3.05) is 19.6 Å². The molecule has 2 bridgehead atoms. The van der Waals surface area contributed by atoms with Crippen LogP contribution in [0.15, 0.2) is 30.3 Å². The van der Waals surface area contributed by atoms with E-state index in [1.54, 1.807) is 20.8 Å². The Labute approximate surface area is 259 Å². The van der Waals surface area contributed by atoms with Crippen molar-refractivity contribution in [3.63, 3.8) is 0 Å². The maximum Gasteiger partial charge on any atom is 0.410 e. The van der Waals surface area contributed by atoms with Gasteiger partial charge in [-0.1, -0.05) is 44.2 Å². The van der Waals surface area contributed by atoms with Crippen molar-refractivity contribution < 1.29 is 23.1 Å². The molecular weight excluding hydrogens is 566 g/mol. The van der Waals surface area contributed by atoms with E-state index in [1.165, 1.54) is 0 Å². The Morgan fingerprint density at radius 1 is 1.05 bits per heavy atom. The second-order valence-electron chi connectivity index (χ2n) is 14.1. The summed E-state index contributed by atoms with van der Waals surface area (Å²) in [5.74, 6) is -3.23. The Kier molecular flexibility index (Phi) is 9.35. The Balaban J connectivity index is 1.24. The molecule has 1 aromatic carbocycles. The monoisotopic (exact) mass is 614 g/mol. The van der Waals surface area contributed by atoms with E-state index in [4.69, 9.17) is 4.74 Å². The van der Waals surface area contributed by atoms with Gasteiger partial charge in [-0.3, -0.25) is 9.69 Å². The lowest BCUT2D eigenvalue weighted by atomic mass is 9.91. The summed E-state index contributed by atoms with van der Waals surface area (Å²) in [6.45, 7) is 11.4. The maximum absolute atomic E-state index is 15.3. The zero-order valence-electron chi connectivity index (χ0n) is 26.9. The van der Waals surface area contributed by atoms with Crippen LogP contribution in [-0.2, 0) is 9.53 Å². The highest BCUT2D eigenvalue weighted by molar-refractivity contribution is 5.81. The van der Waals surface area contributed by atoms with Gasteiger partial charge in [0.2, 0.25) is 5.91 Å². The van der Waals surface area contributed by atoms with Crippen LogP contribution in [0, 0.1) is 12.8 Å². The highest BCUT2D eigenvalue weighted by Gasteiger charge is 2.50. The van der Waals surface area contributed by atoms with Gasteiger partial charge in [0.1, 0.15) is 23.2 Å². The number of halogens is 2. The molecule has 1 aromatic heterocycles. The van der Waals surface area contributed by atoms with Gasteiger partial charge < -0.3 is 19.5 Å². The van der Waals surface area contributed by atoms with Crippen LogP contribution in [-0.4, -0.2) is 79.8 Å². The average Bonchev–Trinajstić information content (AvgIpc) is 3.44. The molecule has 2 aromatic rings. The van der Waals surface area contributed by atoms with Crippen molar-refractivity contribution in [3.8, 4) is 0 Å². The molecule has 1 N–H and O–H groups in total. The summed E-state index contributed by atoms with van der Waals surface area (Å²) in [5, 5.41) is 11.8. The van der Waals surface area contributed by atoms with Crippen LogP contribution >= 0.6 is 0 Å². The van der Waals surface area contributed by atoms with Gasteiger partial charge in [0, 0.05) is 37.1 Å². The highest BCUT2D eigenvalue weighted by Crippen LogP contribution is 2.42. The number of benzene rings is 1. The predicted molar refractivity (Wildman–Crippen MR) is 163 cm³/mol. The number of amides is 2. The van der Waals surface area contributed by atoms with Crippen molar-refractivity contribution in [1.29, 1.82) is 0 Å². The van der Waals surface area contributed by atoms with E-state index in [-0.39, 0.29) is 13.0 Å². The molecule has 5 rings (SSSR count). The van der Waals surface area contributed by atoms with Crippen LogP contribution < -0.4 is 5.32 Å². The van der Waals surface area contributed by atoms with E-state index < -0.39 is 42.0 Å². The topological polar surface area (TPSA) is 92.6 Å². The van der Waals surface area contributed by atoms with Crippen LogP contribution in [0.25, 0.3) is 0 Å². The molecule has 4 heterocycles. The number of ether oxygens (including phenoxy) is 1. The van der Waals surface area contributed by atoms with Crippen LogP contribution in [0.5, 0.6) is 0 Å². The number of aromatic nitrogens is 3. The number of alkyl halides is 2. The number of carbonyl (C=O) groups excluding carboxylic acids is 2. The first-order valence-electron chi connectivity index (χ1n) is 16.1. The van der Waals surface area contributed by atoms with E-state index in [0.29, 0.717) is 30.5 Å². The smallest absolute Gasteiger partial charge is 0.410 e. The van der Waals surface area contributed by atoms with Crippen LogP contribution in [0.3, 0.4) is 0 Å². The minimum Gasteiger partial charge on any atom is -0.444 e. The van der Waals surface area contributed by atoms with Crippen LogP contribution in [0.2, 0.25) is 0 Å². The molecule has 242 valence electrons. The number of hydrogen-bond acceptors (Lipinski definition) is 6. The molecule has 5 atom stereocenters. The third kappa shape index (κ3) is 7.08. The molecule has 2 unspecified atom stereocenters. The van der Waals surface area contributed by atoms with Gasteiger partial charge in [-0.2, -0.15) is 0 Å². The summed E-state index contributed by atoms with van der Waals surface area (Å²) in [4.78, 5) is 29.5. The van der Waals surface area contributed by atoms with Gasteiger partial charge in [-0.15, -0.1) is 10.2 Å². The Hall–Kier alpha value is -3.08. The first-order valence-corrected chi connectivity index (χ1v) is 16.1. The summed E-state index contributed by atoms with van der Waals surface area (Å²) in [6, 6.07) is 10.4. The predicted octanol–water partition coefficient (Wildman–Crippen LogP) is 6.02. The molecule has 0 aliphatic carbocycles. The van der Waals surface area contributed by atoms with Crippen LogP contribution in [0.1, 0.15) is 108 Å². The number of likely N-dealkylation sites (tertiary alicyclic amines) is 1. The fourth-order valence-corrected chi connectivity index (χ4v) is 7.36. The normalized spacial score (nSPS) is 26.1. The SMILES string of the molecule is Cc1nnc(C(C)C)n1C1C[C@H]2CC[C@@H](C1)N2CC[C@H](NC(=O)C1CCN(C(=O)OC(C)(C)C)CC1(F)F)c1ccccc1. The molecule has 9 nitrogen and oxygen atoms in total. The molecule has 44 heavy (non-hydrogen) atoms. The first kappa shape index (κ1) is 32.3. The van der Waals surface area contributed by atoms with Gasteiger partial charge in [-0.25, -0.2) is 13.6 Å². The summed E-state index contributed by atoms with van der Waals surface area (Å²) < 4.78 is 38.3. The zero-order valence-corrected chi connectivity index (χ0v) is 26.9. The molecule has 0 spiro atoms. The Bertz CT molecular complexity index is 1300. The third-order valence-corrected chi connectivity index (χ3v) is 9.40. The fourth-order valence-electron chi connectivity index (χ4n) is 7.36. The molecule has 11 heteroatoms. The standard InChI is InChI=1S/C33H48F2N6O3/c1-21(2)29-38-37-22(3)41(29)26-18-24-12-13-25(19-26)40(24)17-15-28(23-10-8-7-9-11-23)36-30(42)27-14-16-39(20-33(27,34)35)31(43)44-32(4,5)6/h7-11,21,24-28H,12-20H2,1-6H3,(H,36,42)/t24-,25+,26?,27?,28-/m0/s1. The summed E-state index contributed by atoms with van der Waals surface area (Å²) >= 11 is 0. The van der Waals surface area contributed by atoms with Gasteiger partial charge in [0.25, 0.3) is 5.92 Å². The number of nitrogens with zero attached hydrogens (tertiary/aromatic N) is 5. The Morgan fingerprint density at radius 2 is 1.70 bits per heavy atom. The van der Waals surface area contributed by atoms with E-state index >= 15 is 8.78 Å². The maximum atomic E-state index is 15.3. The highest BCUT2D eigenvalue weighted by atomic mass is 19.3. The lowest BCUT2D eigenvalue weighted by molar-refractivity contribution is -0.151. The van der Waals surface area contributed by atoms with Gasteiger partial charge in [0.15, 0.2) is 0 Å². The lowest BCUT2D eigenvalue weighted by Crippen LogP contribution is -2.56. The molecule has 0 radical (unpaired) electrons. The number of rotatable bonds is 8. The second kappa shape index (κ2) is 12.7. The van der Waals surface area contributed by atoms with Gasteiger partial charge in [-0.05, 0) is 71.8 Å². The third-order valence-electron chi connectivity index (χ3n) is 9.40. The minimum atomic E-state index is -3.36. The number of carbonyl (C=O) groups is 2. The molecule has 3 aliphatic heterocycles. The number of fused-ring (bicyclic) bond motifs is 2. The van der Waals surface area contributed by atoms with Gasteiger partial charge in [0.05, 0.1) is 12.6 Å². The summed E-state index contributed by atoms with van der Waals surface area (Å²) in [6.07, 6.45) is 4.03. The first-order chi connectivity index (χ1) is 20.7. The summed E-state index contributed by atoms with van der Waals surface area (Å²) in [7, 11) is 0. The van der Waals surface area contributed by atoms with E-state index in [2.05, 4.69) is 38.8 Å². The van der Waals surface area contributed by atoms with Crippen molar-refractivity contribution in [2.24, 2.45) is 5.92 Å². The molecule has 0 saturated carbocycles. The quantitative estimate of drug-likeness (QED) is 0.391.